The van der Waals surface area contributed by atoms with Gasteiger partial charge in [0.2, 0.25) is 5.91 Å². The maximum absolute atomic E-state index is 13.1. The maximum Gasteiger partial charge on any atom is 0.291 e. The average Bonchev–Trinajstić information content (AvgIpc) is 3.01. The van der Waals surface area contributed by atoms with Crippen LogP contribution in [0.4, 0.5) is 10.1 Å². The molecular formula is C21H19FN4O2. The van der Waals surface area contributed by atoms with Crippen LogP contribution in [0.2, 0.25) is 0 Å². The first kappa shape index (κ1) is 17.9. The summed E-state index contributed by atoms with van der Waals surface area (Å²) < 4.78 is 16.1. The monoisotopic (exact) mass is 378 g/mol. The fourth-order valence-electron chi connectivity index (χ4n) is 3.43. The quantitative estimate of drug-likeness (QED) is 0.578. The molecule has 0 aliphatic rings. The van der Waals surface area contributed by atoms with Crippen molar-refractivity contribution in [3.05, 3.63) is 70.9 Å². The molecule has 2 aromatic heterocycles. The number of fused-ring (bicyclic) bond motifs is 3. The number of aryl methyl sites for hydroxylation is 1. The molecule has 0 aliphatic carbocycles. The number of hydrogen-bond donors (Lipinski definition) is 1. The lowest BCUT2D eigenvalue weighted by molar-refractivity contribution is -0.117. The van der Waals surface area contributed by atoms with Crippen LogP contribution in [-0.4, -0.2) is 20.3 Å². The predicted octanol–water partition coefficient (Wildman–Crippen LogP) is 3.54. The van der Waals surface area contributed by atoms with Crippen molar-refractivity contribution in [3.8, 4) is 0 Å². The van der Waals surface area contributed by atoms with E-state index in [1.54, 1.807) is 6.20 Å². The van der Waals surface area contributed by atoms with Gasteiger partial charge in [-0.2, -0.15) is 5.10 Å². The van der Waals surface area contributed by atoms with Crippen molar-refractivity contribution in [1.82, 2.24) is 14.3 Å². The van der Waals surface area contributed by atoms with Crippen molar-refractivity contribution >= 4 is 33.4 Å². The van der Waals surface area contributed by atoms with Gasteiger partial charge in [0.25, 0.3) is 5.56 Å². The van der Waals surface area contributed by atoms with E-state index < -0.39 is 5.91 Å². The van der Waals surface area contributed by atoms with E-state index in [2.05, 4.69) is 17.3 Å². The maximum atomic E-state index is 13.1. The Kier molecular flexibility index (Phi) is 4.65. The van der Waals surface area contributed by atoms with Crippen LogP contribution in [0, 0.1) is 5.82 Å². The molecule has 0 aliphatic heterocycles. The van der Waals surface area contributed by atoms with Gasteiger partial charge in [-0.25, -0.2) is 9.07 Å². The van der Waals surface area contributed by atoms with Crippen LogP contribution in [0.25, 0.3) is 21.8 Å². The van der Waals surface area contributed by atoms with Gasteiger partial charge in [0.05, 0.1) is 6.20 Å². The summed E-state index contributed by atoms with van der Waals surface area (Å²) in [5.74, 6) is -0.788. The molecule has 0 saturated carbocycles. The number of anilines is 1. The number of carbonyl (C=O) groups excluding carboxylic acids is 1. The molecular weight excluding hydrogens is 359 g/mol. The van der Waals surface area contributed by atoms with Gasteiger partial charge in [-0.1, -0.05) is 25.1 Å². The van der Waals surface area contributed by atoms with Crippen molar-refractivity contribution in [2.45, 2.75) is 26.4 Å². The Balaban J connectivity index is 1.72. The van der Waals surface area contributed by atoms with E-state index >= 15 is 0 Å². The first-order valence-corrected chi connectivity index (χ1v) is 9.11. The molecule has 0 radical (unpaired) electrons. The minimum absolute atomic E-state index is 0.222. The number of amides is 1. The summed E-state index contributed by atoms with van der Waals surface area (Å²) >= 11 is 0. The Morgan fingerprint density at radius 2 is 1.86 bits per heavy atom. The van der Waals surface area contributed by atoms with Crippen molar-refractivity contribution in [1.29, 1.82) is 0 Å². The number of aromatic nitrogens is 3. The molecule has 1 amide bonds. The van der Waals surface area contributed by atoms with Gasteiger partial charge in [-0.05, 0) is 36.8 Å². The van der Waals surface area contributed by atoms with E-state index in [-0.39, 0.29) is 17.9 Å². The van der Waals surface area contributed by atoms with E-state index in [0.29, 0.717) is 17.7 Å². The molecule has 6 nitrogen and oxygen atoms in total. The summed E-state index contributed by atoms with van der Waals surface area (Å²) in [4.78, 5) is 25.4. The van der Waals surface area contributed by atoms with E-state index in [1.165, 1.54) is 24.3 Å². The molecule has 0 unspecified atom stereocenters. The van der Waals surface area contributed by atoms with E-state index in [9.17, 15) is 14.0 Å². The lowest BCUT2D eigenvalue weighted by Gasteiger charge is -2.08. The standard InChI is InChI=1S/C21H19FN4O2/c1-2-11-25-18-6-4-3-5-16(18)17-12-23-26(21(28)20(17)25)13-19(27)24-15-9-7-14(22)8-10-15/h3-10,12H,2,11,13H2,1H3,(H,24,27). The molecule has 2 aromatic carbocycles. The third-order valence-corrected chi connectivity index (χ3v) is 4.64. The molecule has 0 atom stereocenters. The number of carbonyl (C=O) groups is 1. The Hall–Kier alpha value is -3.48. The van der Waals surface area contributed by atoms with Crippen molar-refractivity contribution in [2.24, 2.45) is 0 Å². The van der Waals surface area contributed by atoms with E-state index in [1.807, 2.05) is 28.8 Å². The summed E-state index contributed by atoms with van der Waals surface area (Å²) in [6.45, 7) is 2.53. The molecule has 28 heavy (non-hydrogen) atoms. The minimum Gasteiger partial charge on any atom is -0.336 e. The Labute approximate surface area is 160 Å². The largest absolute Gasteiger partial charge is 0.336 e. The van der Waals surface area contributed by atoms with Crippen LogP contribution in [0.15, 0.2) is 59.5 Å². The SMILES string of the molecule is CCCn1c2ccccc2c2cnn(CC(=O)Nc3ccc(F)cc3)c(=O)c21. The molecule has 1 N–H and O–H groups in total. The first-order valence-electron chi connectivity index (χ1n) is 9.11. The topological polar surface area (TPSA) is 68.9 Å². The van der Waals surface area contributed by atoms with Gasteiger partial charge in [-0.15, -0.1) is 0 Å². The van der Waals surface area contributed by atoms with Crippen LogP contribution in [0.1, 0.15) is 13.3 Å². The zero-order valence-electron chi connectivity index (χ0n) is 15.4. The van der Waals surface area contributed by atoms with Gasteiger partial charge < -0.3 is 9.88 Å². The Morgan fingerprint density at radius 3 is 2.61 bits per heavy atom. The second kappa shape index (κ2) is 7.26. The predicted molar refractivity (Wildman–Crippen MR) is 107 cm³/mol. The summed E-state index contributed by atoms with van der Waals surface area (Å²) in [7, 11) is 0. The lowest BCUT2D eigenvalue weighted by atomic mass is 10.2. The Morgan fingerprint density at radius 1 is 1.11 bits per heavy atom. The van der Waals surface area contributed by atoms with Gasteiger partial charge in [0.15, 0.2) is 0 Å². The third-order valence-electron chi connectivity index (χ3n) is 4.64. The summed E-state index contributed by atoms with van der Waals surface area (Å²) in [5.41, 5.74) is 1.68. The lowest BCUT2D eigenvalue weighted by Crippen LogP contribution is -2.30. The van der Waals surface area contributed by atoms with Crippen molar-refractivity contribution in [2.75, 3.05) is 5.32 Å². The second-order valence-electron chi connectivity index (χ2n) is 6.59. The zero-order chi connectivity index (χ0) is 19.7. The number of para-hydroxylation sites is 1. The van der Waals surface area contributed by atoms with E-state index in [4.69, 9.17) is 0 Å². The van der Waals surface area contributed by atoms with E-state index in [0.717, 1.165) is 27.4 Å². The molecule has 7 heteroatoms. The normalized spacial score (nSPS) is 11.2. The van der Waals surface area contributed by atoms with Crippen molar-refractivity contribution < 1.29 is 9.18 Å². The number of nitrogens with zero attached hydrogens (tertiary/aromatic N) is 3. The number of halogens is 1. The third kappa shape index (κ3) is 3.15. The molecule has 142 valence electrons. The van der Waals surface area contributed by atoms with Crippen molar-refractivity contribution in [3.63, 3.8) is 0 Å². The zero-order valence-corrected chi connectivity index (χ0v) is 15.4. The molecule has 4 aromatic rings. The highest BCUT2D eigenvalue weighted by molar-refractivity contribution is 6.07. The molecule has 0 fully saturated rings. The van der Waals surface area contributed by atoms with Gasteiger partial charge in [-0.3, -0.25) is 9.59 Å². The van der Waals surface area contributed by atoms with Gasteiger partial charge in [0, 0.05) is 28.5 Å². The molecule has 0 saturated heterocycles. The van der Waals surface area contributed by atoms with Crippen LogP contribution in [0.5, 0.6) is 0 Å². The number of nitrogens with one attached hydrogen (secondary N) is 1. The molecule has 4 rings (SSSR count). The number of benzene rings is 2. The smallest absolute Gasteiger partial charge is 0.291 e. The highest BCUT2D eigenvalue weighted by Gasteiger charge is 2.16. The average molecular weight is 378 g/mol. The summed E-state index contributed by atoms with van der Waals surface area (Å²) in [6.07, 6.45) is 2.51. The highest BCUT2D eigenvalue weighted by atomic mass is 19.1. The van der Waals surface area contributed by atoms with Crippen LogP contribution in [0.3, 0.4) is 0 Å². The van der Waals surface area contributed by atoms with Crippen LogP contribution in [-0.2, 0) is 17.9 Å². The Bertz CT molecular complexity index is 1230. The van der Waals surface area contributed by atoms with Gasteiger partial charge in [0.1, 0.15) is 17.9 Å². The molecule has 0 bridgehead atoms. The fourth-order valence-corrected chi connectivity index (χ4v) is 3.43. The first-order chi connectivity index (χ1) is 13.6. The second-order valence-corrected chi connectivity index (χ2v) is 6.59. The summed E-state index contributed by atoms with van der Waals surface area (Å²) in [6, 6.07) is 13.3. The highest BCUT2D eigenvalue weighted by Crippen LogP contribution is 2.26. The summed E-state index contributed by atoms with van der Waals surface area (Å²) in [5, 5.41) is 8.60. The molecule has 2 heterocycles. The number of hydrogen-bond acceptors (Lipinski definition) is 3. The fraction of sp³-hybridized carbons (Fsp3) is 0.190. The van der Waals surface area contributed by atoms with Crippen LogP contribution < -0.4 is 10.9 Å². The van der Waals surface area contributed by atoms with Gasteiger partial charge >= 0.3 is 0 Å². The minimum atomic E-state index is -0.404. The molecule has 0 spiro atoms. The number of rotatable bonds is 5. The van der Waals surface area contributed by atoms with Crippen LogP contribution >= 0.6 is 0 Å².